The van der Waals surface area contributed by atoms with Crippen molar-refractivity contribution in [3.05, 3.63) is 88.6 Å². The van der Waals surface area contributed by atoms with Crippen LogP contribution in [-0.4, -0.2) is 9.55 Å². The molecule has 0 N–H and O–H groups in total. The van der Waals surface area contributed by atoms with Crippen LogP contribution in [0.25, 0.3) is 11.0 Å². The molecule has 1 atom stereocenters. The number of nitrogens with zero attached hydrogens (tertiary/aromatic N) is 2. The van der Waals surface area contributed by atoms with Gasteiger partial charge in [-0.1, -0.05) is 41.4 Å². The Labute approximate surface area is 143 Å². The molecule has 5 heteroatoms. The topological polar surface area (TPSA) is 31.0 Å². The number of imidazole rings is 1. The van der Waals surface area contributed by atoms with Crippen LogP contribution in [0.5, 0.6) is 0 Å². The molecule has 0 spiro atoms. The van der Waals surface area contributed by atoms with Gasteiger partial charge in [0.2, 0.25) is 0 Å². The Balaban J connectivity index is 1.92. The summed E-state index contributed by atoms with van der Waals surface area (Å²) in [5, 5.41) is 2.33. The summed E-state index contributed by atoms with van der Waals surface area (Å²) in [6.07, 6.45) is 5.39. The fourth-order valence-corrected chi connectivity index (χ4v) is 3.17. The molecule has 0 aliphatic carbocycles. The van der Waals surface area contributed by atoms with Gasteiger partial charge in [0.15, 0.2) is 0 Å². The molecule has 2 aromatic carbocycles. The first-order valence-corrected chi connectivity index (χ1v) is 7.89. The Morgan fingerprint density at radius 2 is 1.91 bits per heavy atom. The van der Waals surface area contributed by atoms with Crippen molar-refractivity contribution in [2.24, 2.45) is 0 Å². The van der Waals surface area contributed by atoms with Crippen LogP contribution in [0, 0.1) is 0 Å². The fourth-order valence-electron chi connectivity index (χ4n) is 2.75. The third-order valence-electron chi connectivity index (χ3n) is 3.79. The Hall–Kier alpha value is -2.23. The Bertz CT molecular complexity index is 960. The van der Waals surface area contributed by atoms with E-state index < -0.39 is 0 Å². The van der Waals surface area contributed by atoms with Gasteiger partial charge >= 0.3 is 0 Å². The molecule has 0 fully saturated rings. The lowest BCUT2D eigenvalue weighted by Crippen LogP contribution is -2.10. The predicted molar refractivity (Wildman–Crippen MR) is 92.1 cm³/mol. The molecule has 23 heavy (non-hydrogen) atoms. The molecule has 3 nitrogen and oxygen atoms in total. The van der Waals surface area contributed by atoms with Crippen molar-refractivity contribution in [2.45, 2.75) is 6.04 Å². The van der Waals surface area contributed by atoms with Gasteiger partial charge in [-0.05, 0) is 30.3 Å². The molecule has 0 saturated heterocycles. The minimum atomic E-state index is -0.183. The van der Waals surface area contributed by atoms with E-state index in [1.807, 2.05) is 59.3 Å². The van der Waals surface area contributed by atoms with E-state index in [0.717, 1.165) is 22.3 Å². The van der Waals surface area contributed by atoms with Gasteiger partial charge in [0.05, 0.1) is 6.33 Å². The molecule has 2 aromatic heterocycles. The zero-order valence-corrected chi connectivity index (χ0v) is 13.5. The molecule has 0 radical (unpaired) electrons. The quantitative estimate of drug-likeness (QED) is 0.487. The zero-order valence-electron chi connectivity index (χ0n) is 12.0. The largest absolute Gasteiger partial charge is 0.458 e. The van der Waals surface area contributed by atoms with Crippen molar-refractivity contribution < 1.29 is 4.42 Å². The lowest BCUT2D eigenvalue weighted by atomic mass is 10.0. The number of benzene rings is 2. The fraction of sp³-hybridized carbons (Fsp3) is 0.0556. The summed E-state index contributed by atoms with van der Waals surface area (Å²) in [5.41, 5.74) is 1.75. The standard InChI is InChI=1S/C18H12Cl2N2O/c19-13-5-6-16-12(9-13)10-17(23-16)18(22-8-7-21-11-22)14-3-1-2-4-15(14)20/h1-11,18H/t18-/m0/s1. The molecular weight excluding hydrogens is 331 g/mol. The van der Waals surface area contributed by atoms with E-state index in [1.165, 1.54) is 0 Å². The Kier molecular flexibility index (Phi) is 3.60. The highest BCUT2D eigenvalue weighted by Gasteiger charge is 2.22. The molecule has 0 amide bonds. The van der Waals surface area contributed by atoms with Gasteiger partial charge in [-0.15, -0.1) is 0 Å². The van der Waals surface area contributed by atoms with Crippen LogP contribution in [0.1, 0.15) is 17.4 Å². The van der Waals surface area contributed by atoms with Crippen LogP contribution in [0.3, 0.4) is 0 Å². The van der Waals surface area contributed by atoms with E-state index in [2.05, 4.69) is 4.98 Å². The summed E-state index contributed by atoms with van der Waals surface area (Å²) < 4.78 is 8.03. The summed E-state index contributed by atoms with van der Waals surface area (Å²) in [6.45, 7) is 0. The van der Waals surface area contributed by atoms with Gasteiger partial charge in [0.25, 0.3) is 0 Å². The number of hydrogen-bond donors (Lipinski definition) is 0. The smallest absolute Gasteiger partial charge is 0.134 e. The molecule has 4 aromatic rings. The summed E-state index contributed by atoms with van der Waals surface area (Å²) in [4.78, 5) is 4.15. The van der Waals surface area contributed by atoms with Gasteiger partial charge in [0, 0.05) is 33.4 Å². The average Bonchev–Trinajstić information content (AvgIpc) is 3.19. The third-order valence-corrected chi connectivity index (χ3v) is 4.37. The number of halogens is 2. The molecule has 0 unspecified atom stereocenters. The molecule has 0 aliphatic rings. The summed E-state index contributed by atoms with van der Waals surface area (Å²) in [7, 11) is 0. The highest BCUT2D eigenvalue weighted by molar-refractivity contribution is 6.31. The minimum absolute atomic E-state index is 0.183. The molecule has 0 saturated carbocycles. The summed E-state index contributed by atoms with van der Waals surface area (Å²) in [5.74, 6) is 0.786. The van der Waals surface area contributed by atoms with Gasteiger partial charge < -0.3 is 8.98 Å². The van der Waals surface area contributed by atoms with Crippen molar-refractivity contribution >= 4 is 34.2 Å². The van der Waals surface area contributed by atoms with Crippen molar-refractivity contribution in [3.63, 3.8) is 0 Å². The lowest BCUT2D eigenvalue weighted by molar-refractivity contribution is 0.488. The number of aromatic nitrogens is 2. The molecule has 114 valence electrons. The monoisotopic (exact) mass is 342 g/mol. The summed E-state index contributed by atoms with van der Waals surface area (Å²) in [6, 6.07) is 15.1. The molecular formula is C18H12Cl2N2O. The SMILES string of the molecule is Clc1ccc2oc([C@H](c3ccccc3Cl)n3ccnc3)cc2c1. The second-order valence-corrected chi connectivity index (χ2v) is 6.11. The third kappa shape index (κ3) is 2.62. The van der Waals surface area contributed by atoms with Gasteiger partial charge in [0.1, 0.15) is 17.4 Å². The van der Waals surface area contributed by atoms with Crippen LogP contribution in [0.4, 0.5) is 0 Å². The highest BCUT2D eigenvalue weighted by atomic mass is 35.5. The number of fused-ring (bicyclic) bond motifs is 1. The number of rotatable bonds is 3. The van der Waals surface area contributed by atoms with E-state index >= 15 is 0 Å². The van der Waals surface area contributed by atoms with Crippen molar-refractivity contribution in [2.75, 3.05) is 0 Å². The van der Waals surface area contributed by atoms with Crippen LogP contribution in [-0.2, 0) is 0 Å². The normalized spacial score (nSPS) is 12.6. The van der Waals surface area contributed by atoms with E-state index in [9.17, 15) is 0 Å². The van der Waals surface area contributed by atoms with Crippen LogP contribution in [0.15, 0.2) is 71.7 Å². The highest BCUT2D eigenvalue weighted by Crippen LogP contribution is 2.35. The maximum Gasteiger partial charge on any atom is 0.134 e. The van der Waals surface area contributed by atoms with Crippen molar-refractivity contribution in [1.82, 2.24) is 9.55 Å². The average molecular weight is 343 g/mol. The lowest BCUT2D eigenvalue weighted by Gasteiger charge is -2.17. The molecule has 0 aliphatic heterocycles. The second-order valence-electron chi connectivity index (χ2n) is 5.26. The van der Waals surface area contributed by atoms with E-state index in [0.29, 0.717) is 10.0 Å². The van der Waals surface area contributed by atoms with E-state index in [-0.39, 0.29) is 6.04 Å². The Morgan fingerprint density at radius 3 is 2.70 bits per heavy atom. The van der Waals surface area contributed by atoms with Crippen LogP contribution in [0.2, 0.25) is 10.0 Å². The van der Waals surface area contributed by atoms with E-state index in [4.69, 9.17) is 27.6 Å². The first-order valence-electron chi connectivity index (χ1n) is 7.13. The molecule has 0 bridgehead atoms. The molecule has 4 rings (SSSR count). The van der Waals surface area contributed by atoms with Crippen molar-refractivity contribution in [1.29, 1.82) is 0 Å². The Morgan fingerprint density at radius 1 is 1.04 bits per heavy atom. The van der Waals surface area contributed by atoms with Gasteiger partial charge in [-0.3, -0.25) is 0 Å². The van der Waals surface area contributed by atoms with Crippen LogP contribution < -0.4 is 0 Å². The van der Waals surface area contributed by atoms with E-state index in [1.54, 1.807) is 12.5 Å². The predicted octanol–water partition coefficient (Wildman–Crippen LogP) is 5.57. The number of hydrogen-bond acceptors (Lipinski definition) is 2. The van der Waals surface area contributed by atoms with Gasteiger partial charge in [-0.2, -0.15) is 0 Å². The summed E-state index contributed by atoms with van der Waals surface area (Å²) >= 11 is 12.5. The first-order chi connectivity index (χ1) is 11.2. The number of furan rings is 1. The minimum Gasteiger partial charge on any atom is -0.458 e. The molecule has 2 heterocycles. The first kappa shape index (κ1) is 14.4. The van der Waals surface area contributed by atoms with Crippen molar-refractivity contribution in [3.8, 4) is 0 Å². The van der Waals surface area contributed by atoms with Crippen LogP contribution >= 0.6 is 23.2 Å². The zero-order chi connectivity index (χ0) is 15.8. The second kappa shape index (κ2) is 5.76. The maximum absolute atomic E-state index is 6.41. The van der Waals surface area contributed by atoms with Gasteiger partial charge in [-0.25, -0.2) is 4.98 Å². The maximum atomic E-state index is 6.41.